The SMILES string of the molecule is CS(=O)(=O)NCCc1ccc2cc[nH]c2c1. The maximum atomic E-state index is 10.9. The lowest BCUT2D eigenvalue weighted by Gasteiger charge is -2.02. The van der Waals surface area contributed by atoms with Gasteiger partial charge in [-0.05, 0) is 29.5 Å². The number of rotatable bonds is 4. The van der Waals surface area contributed by atoms with Gasteiger partial charge in [0.25, 0.3) is 0 Å². The van der Waals surface area contributed by atoms with Crippen molar-refractivity contribution in [2.24, 2.45) is 0 Å². The zero-order chi connectivity index (χ0) is 11.6. The monoisotopic (exact) mass is 238 g/mol. The molecule has 0 bridgehead atoms. The van der Waals surface area contributed by atoms with E-state index in [0.29, 0.717) is 13.0 Å². The fraction of sp³-hybridized carbons (Fsp3) is 0.273. The highest BCUT2D eigenvalue weighted by atomic mass is 32.2. The van der Waals surface area contributed by atoms with E-state index < -0.39 is 10.0 Å². The Morgan fingerprint density at radius 2 is 2.12 bits per heavy atom. The summed E-state index contributed by atoms with van der Waals surface area (Å²) in [5, 5.41) is 1.17. The molecule has 0 fully saturated rings. The topological polar surface area (TPSA) is 62.0 Å². The molecule has 0 spiro atoms. The number of H-pyrrole nitrogens is 1. The quantitative estimate of drug-likeness (QED) is 0.842. The van der Waals surface area contributed by atoms with Gasteiger partial charge in [0.05, 0.1) is 6.26 Å². The third-order valence-electron chi connectivity index (χ3n) is 2.40. The number of nitrogens with one attached hydrogen (secondary N) is 2. The first kappa shape index (κ1) is 11.2. The van der Waals surface area contributed by atoms with Gasteiger partial charge >= 0.3 is 0 Å². The molecule has 1 heterocycles. The average Bonchev–Trinajstić information content (AvgIpc) is 2.62. The fourth-order valence-corrected chi connectivity index (χ4v) is 2.10. The highest BCUT2D eigenvalue weighted by Crippen LogP contribution is 2.14. The van der Waals surface area contributed by atoms with E-state index in [4.69, 9.17) is 0 Å². The molecule has 0 radical (unpaired) electrons. The van der Waals surface area contributed by atoms with E-state index in [-0.39, 0.29) is 0 Å². The summed E-state index contributed by atoms with van der Waals surface area (Å²) in [4.78, 5) is 3.13. The molecule has 0 aliphatic rings. The lowest BCUT2D eigenvalue weighted by molar-refractivity contribution is 0.588. The Morgan fingerprint density at radius 3 is 2.88 bits per heavy atom. The van der Waals surface area contributed by atoms with Crippen molar-refractivity contribution in [1.82, 2.24) is 9.71 Å². The normalized spacial score (nSPS) is 12.1. The third kappa shape index (κ3) is 2.84. The number of sulfonamides is 1. The Labute approximate surface area is 94.7 Å². The van der Waals surface area contributed by atoms with E-state index in [9.17, 15) is 8.42 Å². The minimum Gasteiger partial charge on any atom is -0.361 e. The summed E-state index contributed by atoms with van der Waals surface area (Å²) in [6.07, 6.45) is 3.76. The highest BCUT2D eigenvalue weighted by Gasteiger charge is 2.01. The van der Waals surface area contributed by atoms with Crippen molar-refractivity contribution >= 4 is 20.9 Å². The maximum Gasteiger partial charge on any atom is 0.208 e. The summed E-state index contributed by atoms with van der Waals surface area (Å²) >= 11 is 0. The van der Waals surface area contributed by atoms with Crippen LogP contribution in [0.4, 0.5) is 0 Å². The molecule has 0 unspecified atom stereocenters. The summed E-state index contributed by atoms with van der Waals surface area (Å²) < 4.78 is 24.2. The van der Waals surface area contributed by atoms with Crippen LogP contribution < -0.4 is 4.72 Å². The summed E-state index contributed by atoms with van der Waals surface area (Å²) in [6, 6.07) is 8.09. The molecule has 2 aromatic rings. The first-order valence-corrected chi connectivity index (χ1v) is 6.94. The molecule has 0 aliphatic heterocycles. The van der Waals surface area contributed by atoms with Crippen LogP contribution in [0.25, 0.3) is 10.9 Å². The largest absolute Gasteiger partial charge is 0.361 e. The molecular weight excluding hydrogens is 224 g/mol. The van der Waals surface area contributed by atoms with E-state index in [0.717, 1.165) is 11.1 Å². The van der Waals surface area contributed by atoms with Crippen LogP contribution in [-0.4, -0.2) is 26.2 Å². The van der Waals surface area contributed by atoms with Gasteiger partial charge in [-0.3, -0.25) is 0 Å². The second-order valence-electron chi connectivity index (χ2n) is 3.82. The van der Waals surface area contributed by atoms with Crippen molar-refractivity contribution in [2.75, 3.05) is 12.8 Å². The molecule has 0 aliphatic carbocycles. The van der Waals surface area contributed by atoms with Gasteiger partial charge in [-0.2, -0.15) is 0 Å². The molecular formula is C11H14N2O2S. The smallest absolute Gasteiger partial charge is 0.208 e. The van der Waals surface area contributed by atoms with E-state index in [1.165, 1.54) is 11.6 Å². The predicted molar refractivity (Wildman–Crippen MR) is 64.8 cm³/mol. The van der Waals surface area contributed by atoms with Crippen molar-refractivity contribution in [3.63, 3.8) is 0 Å². The first-order chi connectivity index (χ1) is 7.54. The summed E-state index contributed by atoms with van der Waals surface area (Å²) in [5.41, 5.74) is 2.20. The zero-order valence-electron chi connectivity index (χ0n) is 9.03. The van der Waals surface area contributed by atoms with Crippen LogP contribution in [0.2, 0.25) is 0 Å². The predicted octanol–water partition coefficient (Wildman–Crippen LogP) is 1.26. The molecule has 2 N–H and O–H groups in total. The lowest BCUT2D eigenvalue weighted by Crippen LogP contribution is -2.24. The molecule has 0 saturated carbocycles. The molecule has 1 aromatic heterocycles. The Balaban J connectivity index is 2.04. The van der Waals surface area contributed by atoms with Gasteiger partial charge < -0.3 is 4.98 Å². The van der Waals surface area contributed by atoms with Crippen molar-refractivity contribution < 1.29 is 8.42 Å². The van der Waals surface area contributed by atoms with Crippen LogP contribution in [0.15, 0.2) is 30.5 Å². The molecule has 86 valence electrons. The number of fused-ring (bicyclic) bond motifs is 1. The van der Waals surface area contributed by atoms with Crippen molar-refractivity contribution in [2.45, 2.75) is 6.42 Å². The van der Waals surface area contributed by atoms with E-state index in [2.05, 4.69) is 9.71 Å². The van der Waals surface area contributed by atoms with Crippen molar-refractivity contribution in [1.29, 1.82) is 0 Å². The first-order valence-electron chi connectivity index (χ1n) is 5.05. The minimum absolute atomic E-state index is 0.436. The van der Waals surface area contributed by atoms with Gasteiger partial charge in [0.15, 0.2) is 0 Å². The van der Waals surface area contributed by atoms with Gasteiger partial charge in [-0.15, -0.1) is 0 Å². The number of hydrogen-bond acceptors (Lipinski definition) is 2. The number of benzene rings is 1. The fourth-order valence-electron chi connectivity index (χ4n) is 1.63. The number of hydrogen-bond donors (Lipinski definition) is 2. The Morgan fingerprint density at radius 1 is 1.31 bits per heavy atom. The average molecular weight is 238 g/mol. The molecule has 0 atom stereocenters. The standard InChI is InChI=1S/C11H14N2O2S/c1-16(14,15)13-7-4-9-2-3-10-5-6-12-11(10)8-9/h2-3,5-6,8,12-13H,4,7H2,1H3. The number of aromatic nitrogens is 1. The lowest BCUT2D eigenvalue weighted by atomic mass is 10.1. The van der Waals surface area contributed by atoms with Crippen LogP contribution in [0, 0.1) is 0 Å². The second-order valence-corrected chi connectivity index (χ2v) is 5.65. The summed E-state index contributed by atoms with van der Waals surface area (Å²) in [5.74, 6) is 0. The van der Waals surface area contributed by atoms with E-state index in [1.807, 2.05) is 30.5 Å². The molecule has 0 saturated heterocycles. The van der Waals surface area contributed by atoms with Gasteiger partial charge in [-0.25, -0.2) is 13.1 Å². The number of aromatic amines is 1. The summed E-state index contributed by atoms with van der Waals surface area (Å²) in [6.45, 7) is 0.436. The maximum absolute atomic E-state index is 10.9. The molecule has 2 rings (SSSR count). The third-order valence-corrected chi connectivity index (χ3v) is 3.13. The van der Waals surface area contributed by atoms with Crippen molar-refractivity contribution in [3.8, 4) is 0 Å². The Hall–Kier alpha value is -1.33. The second kappa shape index (κ2) is 4.27. The Kier molecular flexibility index (Phi) is 2.98. The molecule has 16 heavy (non-hydrogen) atoms. The molecule has 1 aromatic carbocycles. The van der Waals surface area contributed by atoms with E-state index in [1.54, 1.807) is 0 Å². The molecule has 0 amide bonds. The summed E-state index contributed by atoms with van der Waals surface area (Å²) in [7, 11) is -3.08. The Bertz CT molecular complexity index is 587. The van der Waals surface area contributed by atoms with Gasteiger partial charge in [0, 0.05) is 18.3 Å². The van der Waals surface area contributed by atoms with Gasteiger partial charge in [-0.1, -0.05) is 12.1 Å². The van der Waals surface area contributed by atoms with Crippen LogP contribution >= 0.6 is 0 Å². The van der Waals surface area contributed by atoms with Gasteiger partial charge in [0.2, 0.25) is 10.0 Å². The van der Waals surface area contributed by atoms with Crippen LogP contribution in [0.3, 0.4) is 0 Å². The molecule has 5 heteroatoms. The van der Waals surface area contributed by atoms with Gasteiger partial charge in [0.1, 0.15) is 0 Å². The highest BCUT2D eigenvalue weighted by molar-refractivity contribution is 7.88. The van der Waals surface area contributed by atoms with Crippen LogP contribution in [-0.2, 0) is 16.4 Å². The zero-order valence-corrected chi connectivity index (χ0v) is 9.84. The van der Waals surface area contributed by atoms with Crippen LogP contribution in [0.1, 0.15) is 5.56 Å². The minimum atomic E-state index is -3.08. The van der Waals surface area contributed by atoms with Crippen LogP contribution in [0.5, 0.6) is 0 Å². The van der Waals surface area contributed by atoms with Crippen molar-refractivity contribution in [3.05, 3.63) is 36.0 Å². The van der Waals surface area contributed by atoms with E-state index >= 15 is 0 Å². The molecule has 4 nitrogen and oxygen atoms in total.